The van der Waals surface area contributed by atoms with Crippen LogP contribution in [0.1, 0.15) is 46.6 Å². The molecule has 5 aromatic rings. The van der Waals surface area contributed by atoms with E-state index in [1.807, 2.05) is 81.6 Å². The van der Waals surface area contributed by atoms with Crippen molar-refractivity contribution >= 4 is 49.8 Å². The van der Waals surface area contributed by atoms with E-state index in [9.17, 15) is 14.7 Å². The van der Waals surface area contributed by atoms with Crippen LogP contribution in [0.15, 0.2) is 60.3 Å². The van der Waals surface area contributed by atoms with Gasteiger partial charge in [-0.05, 0) is 81.1 Å². The number of aromatic nitrogens is 3. The van der Waals surface area contributed by atoms with Crippen molar-refractivity contribution < 1.29 is 19.4 Å². The summed E-state index contributed by atoms with van der Waals surface area (Å²) >= 11 is 1.35. The summed E-state index contributed by atoms with van der Waals surface area (Å²) < 4.78 is 8.40. The van der Waals surface area contributed by atoms with E-state index in [4.69, 9.17) is 9.72 Å². The zero-order valence-corrected chi connectivity index (χ0v) is 23.7. The number of fused-ring (bicyclic) bond motifs is 2. The molecule has 202 valence electrons. The van der Waals surface area contributed by atoms with Gasteiger partial charge in [0.2, 0.25) is 0 Å². The minimum absolute atomic E-state index is 0.0227. The van der Waals surface area contributed by atoms with Crippen molar-refractivity contribution in [3.05, 3.63) is 93.9 Å². The van der Waals surface area contributed by atoms with E-state index in [0.29, 0.717) is 34.4 Å². The molecule has 1 unspecified atom stereocenters. The van der Waals surface area contributed by atoms with Crippen LogP contribution in [0.25, 0.3) is 21.6 Å². The SMILES string of the molecule is CCOc1ccc(C2/C(=C(\O)c3nc4c(C)cccn4c3C)C(=O)C(=O)N2c2nc3c(C)cc(C)cc3s2)cc1. The fourth-order valence-electron chi connectivity index (χ4n) is 5.39. The number of anilines is 1. The number of thiazole rings is 1. The van der Waals surface area contributed by atoms with Crippen LogP contribution in [-0.2, 0) is 9.59 Å². The molecule has 3 aromatic heterocycles. The second-order valence-electron chi connectivity index (χ2n) is 10.0. The first kappa shape index (κ1) is 25.8. The van der Waals surface area contributed by atoms with Crippen LogP contribution < -0.4 is 9.64 Å². The Balaban J connectivity index is 1.58. The number of Topliss-reactive ketones (excluding diaryl/α,β-unsaturated/α-hetero) is 1. The molecule has 9 heteroatoms. The first-order chi connectivity index (χ1) is 19.2. The summed E-state index contributed by atoms with van der Waals surface area (Å²) in [5.41, 5.74) is 6.01. The van der Waals surface area contributed by atoms with Crippen LogP contribution in [0.3, 0.4) is 0 Å². The summed E-state index contributed by atoms with van der Waals surface area (Å²) in [5.74, 6) is -1.17. The van der Waals surface area contributed by atoms with Crippen LogP contribution in [0, 0.1) is 27.7 Å². The molecule has 1 aliphatic heterocycles. The molecule has 40 heavy (non-hydrogen) atoms. The van der Waals surface area contributed by atoms with Crippen LogP contribution in [0.4, 0.5) is 5.13 Å². The predicted octanol–water partition coefficient (Wildman–Crippen LogP) is 6.20. The molecule has 1 saturated heterocycles. The number of hydrogen-bond donors (Lipinski definition) is 1. The molecule has 1 fully saturated rings. The molecule has 0 radical (unpaired) electrons. The Morgan fingerprint density at radius 2 is 1.77 bits per heavy atom. The van der Waals surface area contributed by atoms with Crippen molar-refractivity contribution in [2.45, 2.75) is 40.7 Å². The van der Waals surface area contributed by atoms with Crippen LogP contribution >= 0.6 is 11.3 Å². The number of nitrogens with zero attached hydrogens (tertiary/aromatic N) is 4. The summed E-state index contributed by atoms with van der Waals surface area (Å²) in [5, 5.41) is 12.1. The number of benzene rings is 2. The van der Waals surface area contributed by atoms with Crippen molar-refractivity contribution in [3.63, 3.8) is 0 Å². The van der Waals surface area contributed by atoms with Crippen molar-refractivity contribution in [2.24, 2.45) is 0 Å². The first-order valence-corrected chi connectivity index (χ1v) is 13.9. The van der Waals surface area contributed by atoms with Gasteiger partial charge in [-0.25, -0.2) is 9.97 Å². The number of ketones is 1. The number of imidazole rings is 1. The van der Waals surface area contributed by atoms with Gasteiger partial charge in [0.1, 0.15) is 17.1 Å². The Morgan fingerprint density at radius 1 is 1.02 bits per heavy atom. The second-order valence-corrected chi connectivity index (χ2v) is 11.0. The Morgan fingerprint density at radius 3 is 2.48 bits per heavy atom. The molecule has 1 aliphatic rings. The third-order valence-electron chi connectivity index (χ3n) is 7.28. The second kappa shape index (κ2) is 9.60. The van der Waals surface area contributed by atoms with Gasteiger partial charge in [0.05, 0.1) is 34.1 Å². The minimum Gasteiger partial charge on any atom is -0.505 e. The highest BCUT2D eigenvalue weighted by Gasteiger charge is 2.48. The molecule has 1 N–H and O–H groups in total. The number of rotatable bonds is 5. The summed E-state index contributed by atoms with van der Waals surface area (Å²) in [6, 6.07) is 14.2. The van der Waals surface area contributed by atoms with Crippen molar-refractivity contribution in [3.8, 4) is 5.75 Å². The van der Waals surface area contributed by atoms with E-state index in [-0.39, 0.29) is 17.0 Å². The van der Waals surface area contributed by atoms with Gasteiger partial charge < -0.3 is 14.2 Å². The monoisotopic (exact) mass is 552 g/mol. The van der Waals surface area contributed by atoms with Crippen molar-refractivity contribution in [2.75, 3.05) is 11.5 Å². The molecule has 1 amide bonds. The normalized spacial score (nSPS) is 16.9. The quantitative estimate of drug-likeness (QED) is 0.158. The summed E-state index contributed by atoms with van der Waals surface area (Å²) in [7, 11) is 0. The van der Waals surface area contributed by atoms with E-state index in [1.54, 1.807) is 12.1 Å². The molecule has 4 heterocycles. The first-order valence-electron chi connectivity index (χ1n) is 13.1. The average Bonchev–Trinajstić information content (AvgIpc) is 3.57. The lowest BCUT2D eigenvalue weighted by molar-refractivity contribution is -0.132. The van der Waals surface area contributed by atoms with E-state index < -0.39 is 17.7 Å². The summed E-state index contributed by atoms with van der Waals surface area (Å²) in [6.45, 7) is 10.2. The zero-order valence-electron chi connectivity index (χ0n) is 22.8. The summed E-state index contributed by atoms with van der Waals surface area (Å²) in [4.78, 5) is 38.3. The van der Waals surface area contributed by atoms with Gasteiger partial charge >= 0.3 is 5.91 Å². The van der Waals surface area contributed by atoms with Crippen LogP contribution in [0.5, 0.6) is 5.75 Å². The van der Waals surface area contributed by atoms with Gasteiger partial charge in [-0.2, -0.15) is 0 Å². The average molecular weight is 553 g/mol. The molecule has 6 rings (SSSR count). The fraction of sp³-hybridized carbons (Fsp3) is 0.226. The molecular formula is C31H28N4O4S. The number of carbonyl (C=O) groups is 2. The number of aliphatic hydroxyl groups excluding tert-OH is 1. The standard InChI is InChI=1S/C31H28N4O4S/c1-6-39-21-11-9-20(10-12-21)26-23(27(36)25-19(5)34-13-7-8-17(3)29(34)32-25)28(37)30(38)35(26)31-33-24-18(4)14-16(2)15-22(24)40-31/h7-15,26,36H,6H2,1-5H3/b27-23+. The smallest absolute Gasteiger partial charge is 0.301 e. The Hall–Kier alpha value is -4.50. The van der Waals surface area contributed by atoms with Gasteiger partial charge in [0.25, 0.3) is 5.78 Å². The Labute approximate surface area is 235 Å². The third kappa shape index (κ3) is 3.96. The van der Waals surface area contributed by atoms with Gasteiger partial charge in [-0.3, -0.25) is 14.5 Å². The number of ether oxygens (including phenoxy) is 1. The van der Waals surface area contributed by atoms with Crippen LogP contribution in [0.2, 0.25) is 0 Å². The minimum atomic E-state index is -0.900. The van der Waals surface area contributed by atoms with Gasteiger partial charge in [0.15, 0.2) is 10.9 Å². The van der Waals surface area contributed by atoms with Crippen molar-refractivity contribution in [1.82, 2.24) is 14.4 Å². The molecule has 8 nitrogen and oxygen atoms in total. The fourth-order valence-corrected chi connectivity index (χ4v) is 6.56. The number of amides is 1. The van der Waals surface area contributed by atoms with Crippen LogP contribution in [-0.4, -0.2) is 37.8 Å². The number of aryl methyl sites for hydroxylation is 4. The zero-order chi connectivity index (χ0) is 28.3. The highest BCUT2D eigenvalue weighted by Crippen LogP contribution is 2.45. The number of aliphatic hydroxyl groups is 1. The third-order valence-corrected chi connectivity index (χ3v) is 8.29. The maximum absolute atomic E-state index is 13.7. The van der Waals surface area contributed by atoms with Gasteiger partial charge in [-0.15, -0.1) is 0 Å². The lowest BCUT2D eigenvalue weighted by atomic mass is 9.96. The maximum Gasteiger partial charge on any atom is 0.301 e. The molecule has 1 atom stereocenters. The predicted molar refractivity (Wildman–Crippen MR) is 156 cm³/mol. The lowest BCUT2D eigenvalue weighted by Crippen LogP contribution is -2.29. The summed E-state index contributed by atoms with van der Waals surface area (Å²) in [6.07, 6.45) is 1.86. The number of pyridine rings is 1. The van der Waals surface area contributed by atoms with Crippen molar-refractivity contribution in [1.29, 1.82) is 0 Å². The molecule has 2 aromatic carbocycles. The van der Waals surface area contributed by atoms with E-state index in [0.717, 1.165) is 26.9 Å². The topological polar surface area (TPSA) is 97.0 Å². The number of hydrogen-bond acceptors (Lipinski definition) is 7. The molecule has 0 saturated carbocycles. The highest BCUT2D eigenvalue weighted by molar-refractivity contribution is 7.22. The molecule has 0 aliphatic carbocycles. The maximum atomic E-state index is 13.7. The molecule has 0 spiro atoms. The largest absolute Gasteiger partial charge is 0.505 e. The van der Waals surface area contributed by atoms with E-state index in [2.05, 4.69) is 4.98 Å². The number of carbonyl (C=O) groups excluding carboxylic acids is 2. The molecular weight excluding hydrogens is 524 g/mol. The van der Waals surface area contributed by atoms with E-state index in [1.165, 1.54) is 16.2 Å². The lowest BCUT2D eigenvalue weighted by Gasteiger charge is -2.23. The Bertz CT molecular complexity index is 1870. The highest BCUT2D eigenvalue weighted by atomic mass is 32.1. The van der Waals surface area contributed by atoms with E-state index >= 15 is 0 Å². The molecule has 0 bridgehead atoms. The Kier molecular flexibility index (Phi) is 6.18. The van der Waals surface area contributed by atoms with Gasteiger partial charge in [-0.1, -0.05) is 35.6 Å². The van der Waals surface area contributed by atoms with Gasteiger partial charge in [0, 0.05) is 6.20 Å².